The van der Waals surface area contributed by atoms with Gasteiger partial charge in [-0.05, 0) is 19.1 Å². The van der Waals surface area contributed by atoms with Crippen molar-refractivity contribution in [1.29, 1.82) is 0 Å². The van der Waals surface area contributed by atoms with E-state index in [1.807, 2.05) is 6.92 Å². The third-order valence-corrected chi connectivity index (χ3v) is 4.58. The quantitative estimate of drug-likeness (QED) is 0.837. The Bertz CT molecular complexity index is 566. The maximum absolute atomic E-state index is 10.7. The molecule has 0 amide bonds. The molecule has 0 radical (unpaired) electrons. The number of nitrogens with zero attached hydrogens (tertiary/aromatic N) is 2. The number of aromatic nitrogens is 2. The van der Waals surface area contributed by atoms with Crippen molar-refractivity contribution >= 4 is 34.2 Å². The van der Waals surface area contributed by atoms with Gasteiger partial charge in [-0.3, -0.25) is 4.98 Å². The Hall–Kier alpha value is -1.60. The van der Waals surface area contributed by atoms with Crippen LogP contribution in [0.1, 0.15) is 21.7 Å². The van der Waals surface area contributed by atoms with Gasteiger partial charge in [0, 0.05) is 11.9 Å². The fourth-order valence-electron chi connectivity index (χ4n) is 1.31. The van der Waals surface area contributed by atoms with E-state index in [4.69, 9.17) is 10.8 Å². The Morgan fingerprint density at radius 2 is 2.33 bits per heavy atom. The monoisotopic (exact) mass is 281 g/mol. The maximum atomic E-state index is 10.7. The zero-order chi connectivity index (χ0) is 13.1. The average Bonchev–Trinajstić information content (AvgIpc) is 2.66. The van der Waals surface area contributed by atoms with Crippen molar-refractivity contribution < 1.29 is 9.90 Å². The molecule has 0 aliphatic rings. The summed E-state index contributed by atoms with van der Waals surface area (Å²) in [5, 5.41) is 9.32. The normalized spacial score (nSPS) is 10.5. The molecule has 0 aliphatic carbocycles. The average molecular weight is 281 g/mol. The van der Waals surface area contributed by atoms with Crippen molar-refractivity contribution in [3.05, 3.63) is 35.3 Å². The van der Waals surface area contributed by atoms with Crippen molar-refractivity contribution in [2.75, 3.05) is 5.73 Å². The van der Waals surface area contributed by atoms with Crippen LogP contribution in [-0.4, -0.2) is 21.0 Å². The van der Waals surface area contributed by atoms with Crippen LogP contribution in [0.3, 0.4) is 0 Å². The summed E-state index contributed by atoms with van der Waals surface area (Å²) in [4.78, 5) is 18.9. The molecule has 2 aromatic heterocycles. The highest BCUT2D eigenvalue weighted by Gasteiger charge is 2.07. The van der Waals surface area contributed by atoms with Crippen LogP contribution in [-0.2, 0) is 5.75 Å². The van der Waals surface area contributed by atoms with E-state index < -0.39 is 5.97 Å². The fraction of sp³-hybridized carbons (Fsp3) is 0.182. The predicted molar refractivity (Wildman–Crippen MR) is 72.0 cm³/mol. The third-order valence-electron chi connectivity index (χ3n) is 2.19. The summed E-state index contributed by atoms with van der Waals surface area (Å²) >= 11 is 3.05. The molecule has 2 aromatic rings. The van der Waals surface area contributed by atoms with E-state index in [0.717, 1.165) is 15.6 Å². The Morgan fingerprint density at radius 3 is 2.83 bits per heavy atom. The number of aromatic carboxylic acids is 1. The van der Waals surface area contributed by atoms with Crippen LogP contribution in [0, 0.1) is 6.92 Å². The minimum absolute atomic E-state index is 0.196. The molecule has 2 heterocycles. The lowest BCUT2D eigenvalue weighted by molar-refractivity contribution is 0.0696. The van der Waals surface area contributed by atoms with E-state index in [9.17, 15) is 4.79 Å². The second-order valence-corrected chi connectivity index (χ2v) is 5.83. The Balaban J connectivity index is 2.02. The first-order valence-electron chi connectivity index (χ1n) is 5.10. The fourth-order valence-corrected chi connectivity index (χ4v) is 3.25. The number of rotatable bonds is 4. The van der Waals surface area contributed by atoms with Gasteiger partial charge >= 0.3 is 5.97 Å². The number of carboxylic acid groups (broad SMARTS) is 1. The molecule has 0 fully saturated rings. The summed E-state index contributed by atoms with van der Waals surface area (Å²) in [6, 6.07) is 3.27. The van der Waals surface area contributed by atoms with E-state index in [2.05, 4.69) is 9.97 Å². The Kier molecular flexibility index (Phi) is 3.83. The molecule has 0 unspecified atom stereocenters. The van der Waals surface area contributed by atoms with Gasteiger partial charge in [-0.15, -0.1) is 11.8 Å². The van der Waals surface area contributed by atoms with Crippen LogP contribution in [0.25, 0.3) is 0 Å². The minimum Gasteiger partial charge on any atom is -0.478 e. The molecule has 0 aliphatic heterocycles. The number of pyridine rings is 1. The van der Waals surface area contributed by atoms with E-state index >= 15 is 0 Å². The lowest BCUT2D eigenvalue weighted by Gasteiger charge is -2.00. The van der Waals surface area contributed by atoms with E-state index in [0.29, 0.717) is 10.9 Å². The minimum atomic E-state index is -0.965. The van der Waals surface area contributed by atoms with Crippen molar-refractivity contribution in [2.24, 2.45) is 0 Å². The molecule has 0 saturated heterocycles. The maximum Gasteiger partial charge on any atom is 0.337 e. The molecule has 18 heavy (non-hydrogen) atoms. The van der Waals surface area contributed by atoms with Crippen molar-refractivity contribution in [2.45, 2.75) is 16.9 Å². The first-order chi connectivity index (χ1) is 8.56. The van der Waals surface area contributed by atoms with Crippen molar-refractivity contribution in [3.63, 3.8) is 0 Å². The number of anilines is 1. The topological polar surface area (TPSA) is 89.1 Å². The summed E-state index contributed by atoms with van der Waals surface area (Å²) in [7, 11) is 0. The van der Waals surface area contributed by atoms with Gasteiger partial charge in [-0.1, -0.05) is 11.3 Å². The summed E-state index contributed by atoms with van der Waals surface area (Å²) in [5.74, 6) is -0.296. The summed E-state index contributed by atoms with van der Waals surface area (Å²) in [5.41, 5.74) is 7.56. The van der Waals surface area contributed by atoms with Crippen molar-refractivity contribution in [3.8, 4) is 0 Å². The first kappa shape index (κ1) is 12.8. The summed E-state index contributed by atoms with van der Waals surface area (Å²) < 4.78 is 1.07. The van der Waals surface area contributed by atoms with Crippen LogP contribution in [0.2, 0.25) is 0 Å². The highest BCUT2D eigenvalue weighted by atomic mass is 32.2. The lowest BCUT2D eigenvalue weighted by atomic mass is 10.2. The van der Waals surface area contributed by atoms with Crippen LogP contribution < -0.4 is 5.73 Å². The van der Waals surface area contributed by atoms with Gasteiger partial charge in [0.25, 0.3) is 0 Å². The number of thiazole rings is 1. The molecular weight excluding hydrogens is 270 g/mol. The molecule has 7 heteroatoms. The van der Waals surface area contributed by atoms with E-state index in [-0.39, 0.29) is 5.56 Å². The highest BCUT2D eigenvalue weighted by Crippen LogP contribution is 2.32. The van der Waals surface area contributed by atoms with Gasteiger partial charge in [0.2, 0.25) is 0 Å². The Morgan fingerprint density at radius 1 is 1.56 bits per heavy atom. The Labute approximate surface area is 112 Å². The van der Waals surface area contributed by atoms with Gasteiger partial charge < -0.3 is 10.8 Å². The largest absolute Gasteiger partial charge is 0.478 e. The van der Waals surface area contributed by atoms with Gasteiger partial charge in [0.05, 0.1) is 21.2 Å². The highest BCUT2D eigenvalue weighted by molar-refractivity contribution is 8.00. The second-order valence-electron chi connectivity index (χ2n) is 3.56. The van der Waals surface area contributed by atoms with Crippen LogP contribution in [0.4, 0.5) is 5.13 Å². The second kappa shape index (κ2) is 5.36. The van der Waals surface area contributed by atoms with Gasteiger partial charge in [0.1, 0.15) is 0 Å². The summed E-state index contributed by atoms with van der Waals surface area (Å²) in [6.45, 7) is 1.91. The molecule has 0 bridgehead atoms. The SMILES string of the molecule is Cc1nc(N)sc1SCc1ccc(C(=O)O)cn1. The molecule has 3 N–H and O–H groups in total. The molecule has 0 spiro atoms. The molecular formula is C11H11N3O2S2. The van der Waals surface area contributed by atoms with E-state index in [1.54, 1.807) is 23.9 Å². The van der Waals surface area contributed by atoms with Gasteiger partial charge in [0.15, 0.2) is 5.13 Å². The number of nitrogens with two attached hydrogens (primary N) is 1. The van der Waals surface area contributed by atoms with Gasteiger partial charge in [-0.2, -0.15) is 0 Å². The van der Waals surface area contributed by atoms with Crippen molar-refractivity contribution in [1.82, 2.24) is 9.97 Å². The standard InChI is InChI=1S/C11H11N3O2S2/c1-6-10(18-11(12)14-6)17-5-8-3-2-7(4-13-8)9(15)16/h2-4H,5H2,1H3,(H2,12,14)(H,15,16). The number of aryl methyl sites for hydroxylation is 1. The number of nitrogen functional groups attached to an aromatic ring is 1. The predicted octanol–water partition coefficient (Wildman–Crippen LogP) is 2.42. The zero-order valence-corrected chi connectivity index (χ0v) is 11.2. The number of carboxylic acids is 1. The molecule has 0 saturated carbocycles. The summed E-state index contributed by atoms with van der Waals surface area (Å²) in [6.07, 6.45) is 1.37. The molecule has 94 valence electrons. The van der Waals surface area contributed by atoms with Crippen LogP contribution in [0.15, 0.2) is 22.5 Å². The van der Waals surface area contributed by atoms with E-state index in [1.165, 1.54) is 17.5 Å². The van der Waals surface area contributed by atoms with Gasteiger partial charge in [-0.25, -0.2) is 9.78 Å². The first-order valence-corrected chi connectivity index (χ1v) is 6.90. The third kappa shape index (κ3) is 2.99. The molecule has 0 aromatic carbocycles. The number of hydrogen-bond acceptors (Lipinski definition) is 6. The lowest BCUT2D eigenvalue weighted by Crippen LogP contribution is -1.97. The number of hydrogen-bond donors (Lipinski definition) is 2. The molecule has 0 atom stereocenters. The number of carbonyl (C=O) groups is 1. The molecule has 2 rings (SSSR count). The van der Waals surface area contributed by atoms with Crippen LogP contribution >= 0.6 is 23.1 Å². The smallest absolute Gasteiger partial charge is 0.337 e. The molecule has 5 nitrogen and oxygen atoms in total. The zero-order valence-electron chi connectivity index (χ0n) is 9.58. The van der Waals surface area contributed by atoms with Crippen LogP contribution in [0.5, 0.6) is 0 Å². The number of thioether (sulfide) groups is 1.